The van der Waals surface area contributed by atoms with E-state index in [0.29, 0.717) is 25.7 Å². The molecule has 0 aliphatic carbocycles. The van der Waals surface area contributed by atoms with Gasteiger partial charge in [0.2, 0.25) is 0 Å². The van der Waals surface area contributed by atoms with E-state index in [2.05, 4.69) is 27.7 Å². The van der Waals surface area contributed by atoms with Crippen LogP contribution in [0.5, 0.6) is 0 Å². The summed E-state index contributed by atoms with van der Waals surface area (Å²) in [5, 5.41) is 10.6. The standard InChI is InChI=1S/C81H158O17P2/c1-5-9-13-17-20-23-26-29-32-34-36-38-40-42-44-47-50-53-56-60-64-68-81(86)98-77(72-92-79(84)66-62-58-54-51-48-46-43-41-39-37-35-33-30-27-24-21-18-14-10-6-2)74-96-100(89,90)94-70-75(82)69-93-99(87,88)95-73-76(71-91-78(83)65-61-57-16-12-8-4)97-80(85)67-63-59-55-52-49-45-31-28-25-22-19-15-11-7-3/h75-77,82H,5-74H2,1-4H3,(H,87,88)(H,89,90)/t75-,76+,77+/m0/s1. The number of unbranched alkanes of at least 4 members (excludes halogenated alkanes) is 56. The van der Waals surface area contributed by atoms with Gasteiger partial charge in [-0.25, -0.2) is 9.13 Å². The fourth-order valence-electron chi connectivity index (χ4n) is 12.6. The van der Waals surface area contributed by atoms with E-state index < -0.39 is 97.5 Å². The van der Waals surface area contributed by atoms with Crippen LogP contribution in [-0.4, -0.2) is 96.7 Å². The van der Waals surface area contributed by atoms with Gasteiger partial charge in [-0.05, 0) is 25.7 Å². The Morgan fingerprint density at radius 3 is 0.590 bits per heavy atom. The van der Waals surface area contributed by atoms with Crippen LogP contribution < -0.4 is 0 Å². The predicted molar refractivity (Wildman–Crippen MR) is 409 cm³/mol. The van der Waals surface area contributed by atoms with E-state index in [1.165, 1.54) is 263 Å². The number of aliphatic hydroxyl groups excluding tert-OH is 1. The third-order valence-electron chi connectivity index (χ3n) is 19.1. The van der Waals surface area contributed by atoms with E-state index in [4.69, 9.17) is 37.0 Å². The number of phosphoric acid groups is 2. The lowest BCUT2D eigenvalue weighted by atomic mass is 10.0. The van der Waals surface area contributed by atoms with Gasteiger partial charge in [-0.15, -0.1) is 0 Å². The van der Waals surface area contributed by atoms with Crippen molar-refractivity contribution < 1.29 is 80.2 Å². The van der Waals surface area contributed by atoms with Crippen LogP contribution in [0.15, 0.2) is 0 Å². The molecular formula is C81H158O17P2. The molecule has 0 heterocycles. The van der Waals surface area contributed by atoms with Crippen molar-refractivity contribution in [3.05, 3.63) is 0 Å². The maximum atomic E-state index is 13.1. The van der Waals surface area contributed by atoms with Gasteiger partial charge in [-0.3, -0.25) is 37.3 Å². The molecule has 0 aromatic rings. The molecule has 0 saturated carbocycles. The lowest BCUT2D eigenvalue weighted by Gasteiger charge is -2.21. The van der Waals surface area contributed by atoms with Crippen molar-refractivity contribution in [2.45, 2.75) is 457 Å². The van der Waals surface area contributed by atoms with Gasteiger partial charge >= 0.3 is 39.5 Å². The van der Waals surface area contributed by atoms with Gasteiger partial charge in [0.1, 0.15) is 19.3 Å². The fourth-order valence-corrected chi connectivity index (χ4v) is 14.2. The van der Waals surface area contributed by atoms with Crippen molar-refractivity contribution in [2.24, 2.45) is 0 Å². The number of aliphatic hydroxyl groups is 1. The normalized spacial score (nSPS) is 13.8. The molecule has 0 saturated heterocycles. The molecule has 0 rings (SSSR count). The zero-order valence-corrected chi connectivity index (χ0v) is 67.0. The van der Waals surface area contributed by atoms with Crippen molar-refractivity contribution in [3.8, 4) is 0 Å². The van der Waals surface area contributed by atoms with Gasteiger partial charge in [0.25, 0.3) is 0 Å². The van der Waals surface area contributed by atoms with Gasteiger partial charge < -0.3 is 33.8 Å². The molecule has 0 radical (unpaired) electrons. The van der Waals surface area contributed by atoms with Crippen LogP contribution in [-0.2, 0) is 65.4 Å². The summed E-state index contributed by atoms with van der Waals surface area (Å²) in [4.78, 5) is 72.7. The minimum absolute atomic E-state index is 0.108. The number of hydrogen-bond donors (Lipinski definition) is 3. The number of esters is 4. The highest BCUT2D eigenvalue weighted by Gasteiger charge is 2.30. The summed E-state index contributed by atoms with van der Waals surface area (Å²) in [6.45, 7) is 4.93. The van der Waals surface area contributed by atoms with E-state index in [9.17, 15) is 43.2 Å². The summed E-state index contributed by atoms with van der Waals surface area (Å²) in [6.07, 6.45) is 68.6. The van der Waals surface area contributed by atoms with Crippen molar-refractivity contribution in [1.82, 2.24) is 0 Å². The summed E-state index contributed by atoms with van der Waals surface area (Å²) in [5.41, 5.74) is 0. The topological polar surface area (TPSA) is 237 Å². The third-order valence-corrected chi connectivity index (χ3v) is 21.0. The summed E-state index contributed by atoms with van der Waals surface area (Å²) in [6, 6.07) is 0. The molecule has 594 valence electrons. The van der Waals surface area contributed by atoms with Crippen molar-refractivity contribution in [1.29, 1.82) is 0 Å². The number of carbonyl (C=O) groups excluding carboxylic acids is 4. The van der Waals surface area contributed by atoms with E-state index >= 15 is 0 Å². The van der Waals surface area contributed by atoms with Crippen LogP contribution >= 0.6 is 15.6 Å². The number of carbonyl (C=O) groups is 4. The van der Waals surface area contributed by atoms with Gasteiger partial charge in [-0.2, -0.15) is 0 Å². The van der Waals surface area contributed by atoms with E-state index in [1.807, 2.05) is 0 Å². The number of phosphoric ester groups is 2. The maximum absolute atomic E-state index is 13.1. The molecule has 17 nitrogen and oxygen atoms in total. The van der Waals surface area contributed by atoms with Gasteiger partial charge in [-0.1, -0.05) is 387 Å². The van der Waals surface area contributed by atoms with Gasteiger partial charge in [0.15, 0.2) is 12.2 Å². The summed E-state index contributed by atoms with van der Waals surface area (Å²) >= 11 is 0. The van der Waals surface area contributed by atoms with E-state index in [1.54, 1.807) is 0 Å². The van der Waals surface area contributed by atoms with Crippen LogP contribution in [0.25, 0.3) is 0 Å². The smallest absolute Gasteiger partial charge is 0.462 e. The molecule has 0 aliphatic rings. The molecule has 100 heavy (non-hydrogen) atoms. The molecular weight excluding hydrogens is 1310 g/mol. The first-order valence-electron chi connectivity index (χ1n) is 42.3. The van der Waals surface area contributed by atoms with Crippen molar-refractivity contribution >= 4 is 39.5 Å². The first-order valence-corrected chi connectivity index (χ1v) is 45.3. The molecule has 0 bridgehead atoms. The second kappa shape index (κ2) is 75.3. The second-order valence-corrected chi connectivity index (χ2v) is 32.1. The Morgan fingerprint density at radius 1 is 0.240 bits per heavy atom. The van der Waals surface area contributed by atoms with Gasteiger partial charge in [0, 0.05) is 25.7 Å². The van der Waals surface area contributed by atoms with Crippen LogP contribution in [0.4, 0.5) is 0 Å². The molecule has 5 atom stereocenters. The third kappa shape index (κ3) is 74.3. The first kappa shape index (κ1) is 98.1. The Morgan fingerprint density at radius 2 is 0.400 bits per heavy atom. The number of rotatable bonds is 82. The molecule has 19 heteroatoms. The summed E-state index contributed by atoms with van der Waals surface area (Å²) in [5.74, 6) is -2.12. The van der Waals surface area contributed by atoms with E-state index in [-0.39, 0.29) is 25.7 Å². The molecule has 0 aliphatic heterocycles. The second-order valence-electron chi connectivity index (χ2n) is 29.2. The predicted octanol–water partition coefficient (Wildman–Crippen LogP) is 24.6. The van der Waals surface area contributed by atoms with Crippen LogP contribution in [0, 0.1) is 0 Å². The highest BCUT2D eigenvalue weighted by atomic mass is 31.2. The van der Waals surface area contributed by atoms with Crippen molar-refractivity contribution in [2.75, 3.05) is 39.6 Å². The highest BCUT2D eigenvalue weighted by molar-refractivity contribution is 7.47. The SMILES string of the molecule is CCCCCCCCCCCCCCCCCCCCCCCC(=O)O[C@H](COC(=O)CCCCCCCCCCCCCCCCCCCCCC)COP(=O)(O)OC[C@@H](O)COP(=O)(O)OC[C@@H](COC(=O)CCCCCCC)OC(=O)CCCCCCCCCCCCCCCC. The largest absolute Gasteiger partial charge is 0.472 e. The number of ether oxygens (including phenoxy) is 4. The minimum Gasteiger partial charge on any atom is -0.462 e. The Balaban J connectivity index is 5.11. The number of hydrogen-bond acceptors (Lipinski definition) is 15. The Labute approximate surface area is 613 Å². The summed E-state index contributed by atoms with van der Waals surface area (Å²) < 4.78 is 68.5. The molecule has 0 aromatic heterocycles. The molecule has 0 amide bonds. The zero-order valence-electron chi connectivity index (χ0n) is 65.2. The molecule has 2 unspecified atom stereocenters. The summed E-state index contributed by atoms with van der Waals surface area (Å²) in [7, 11) is -9.91. The zero-order chi connectivity index (χ0) is 73.2. The van der Waals surface area contributed by atoms with Crippen LogP contribution in [0.2, 0.25) is 0 Å². The Hall–Kier alpha value is -1.94. The highest BCUT2D eigenvalue weighted by Crippen LogP contribution is 2.45. The molecule has 0 spiro atoms. The molecule has 0 fully saturated rings. The lowest BCUT2D eigenvalue weighted by molar-refractivity contribution is -0.161. The monoisotopic (exact) mass is 1470 g/mol. The molecule has 0 aromatic carbocycles. The minimum atomic E-state index is -4.96. The quantitative estimate of drug-likeness (QED) is 0.0222. The fraction of sp³-hybridized carbons (Fsp3) is 0.951. The van der Waals surface area contributed by atoms with Crippen LogP contribution in [0.1, 0.15) is 439 Å². The lowest BCUT2D eigenvalue weighted by Crippen LogP contribution is -2.30. The Bertz CT molecular complexity index is 1890. The first-order chi connectivity index (χ1) is 48.7. The van der Waals surface area contributed by atoms with Gasteiger partial charge in [0.05, 0.1) is 26.4 Å². The van der Waals surface area contributed by atoms with Crippen molar-refractivity contribution in [3.63, 3.8) is 0 Å². The van der Waals surface area contributed by atoms with Crippen LogP contribution in [0.3, 0.4) is 0 Å². The Kier molecular flexibility index (Phi) is 73.8. The molecule has 3 N–H and O–H groups in total. The van der Waals surface area contributed by atoms with E-state index in [0.717, 1.165) is 96.3 Å². The average molecular weight is 1470 g/mol. The average Bonchev–Trinajstić information content (AvgIpc) is 0.953. The maximum Gasteiger partial charge on any atom is 0.472 e.